The molecule has 0 amide bonds. The van der Waals surface area contributed by atoms with Crippen LogP contribution in [0, 0.1) is 0 Å². The fourth-order valence-electron chi connectivity index (χ4n) is 4.67. The molecule has 0 saturated carbocycles. The smallest absolute Gasteiger partial charge is 0.339 e. The van der Waals surface area contributed by atoms with Crippen LogP contribution in [-0.2, 0) is 14.2 Å². The molecule has 2 aliphatic rings. The summed E-state index contributed by atoms with van der Waals surface area (Å²) in [6, 6.07) is 5.64. The molecule has 5 rings (SSSR count). The minimum absolute atomic E-state index is 0.0278. The molecular weight excluding hydrogens is 592 g/mol. The fraction of sp³-hybridized carbons (Fsp3) is 0.250. The number of aliphatic hydroxyl groups excluding tert-OH is 3. The van der Waals surface area contributed by atoms with Crippen molar-refractivity contribution in [3.8, 4) is 51.7 Å². The van der Waals surface area contributed by atoms with E-state index in [2.05, 4.69) is 0 Å². The lowest BCUT2D eigenvalue weighted by molar-refractivity contribution is -0.292. The molecule has 11 N–H and O–H groups in total. The molecule has 1 fully saturated rings. The lowest BCUT2D eigenvalue weighted by Crippen LogP contribution is -2.60. The number of phenolic OH excluding ortho intramolecular Hbond substituents is 8. The summed E-state index contributed by atoms with van der Waals surface area (Å²) in [5, 5.41) is 111. The summed E-state index contributed by atoms with van der Waals surface area (Å²) >= 11 is 0. The summed E-state index contributed by atoms with van der Waals surface area (Å²) in [5.41, 5.74) is -0.564. The van der Waals surface area contributed by atoms with Crippen LogP contribution in [0.4, 0.5) is 0 Å². The summed E-state index contributed by atoms with van der Waals surface area (Å²) in [4.78, 5) is 12.9. The van der Waals surface area contributed by atoms with Crippen molar-refractivity contribution in [1.29, 1.82) is 0 Å². The average molecular weight is 619 g/mol. The van der Waals surface area contributed by atoms with E-state index in [-0.39, 0.29) is 28.4 Å². The van der Waals surface area contributed by atoms with Gasteiger partial charge in [-0.3, -0.25) is 0 Å². The van der Waals surface area contributed by atoms with E-state index in [1.54, 1.807) is 0 Å². The first kappa shape index (κ1) is 30.2. The van der Waals surface area contributed by atoms with Gasteiger partial charge in [-0.15, -0.1) is 0 Å². The Morgan fingerprint density at radius 1 is 0.773 bits per heavy atom. The van der Waals surface area contributed by atoms with Crippen LogP contribution in [0.2, 0.25) is 0 Å². The minimum Gasteiger partial charge on any atom is -0.508 e. The number of ether oxygens (including phenoxy) is 4. The molecule has 2 aliphatic heterocycles. The summed E-state index contributed by atoms with van der Waals surface area (Å²) < 4.78 is 22.7. The molecule has 2 heterocycles. The number of carbonyl (C=O) groups is 1. The topological polar surface area (TPSA) is 277 Å². The first-order chi connectivity index (χ1) is 20.8. The number of fused-ring (bicyclic) bond motifs is 1. The van der Waals surface area contributed by atoms with Crippen molar-refractivity contribution >= 4 is 12.0 Å². The van der Waals surface area contributed by atoms with Crippen molar-refractivity contribution in [2.75, 3.05) is 6.61 Å². The Kier molecular flexibility index (Phi) is 7.83. The number of carbonyl (C=O) groups excluding carboxylic acids is 1. The van der Waals surface area contributed by atoms with E-state index in [9.17, 15) is 61.0 Å². The van der Waals surface area contributed by atoms with Gasteiger partial charge in [0.25, 0.3) is 0 Å². The molecule has 3 aromatic carbocycles. The SMILES string of the molecule is O=C(OC1C(OC2=Cc3c(O)cc(O)cc3OC2c2cc(O)c(O)c(O)c2)OC(CO)C(O)C1O)c1cc(O)c(O)c(O)c1. The van der Waals surface area contributed by atoms with Gasteiger partial charge in [-0.1, -0.05) is 0 Å². The number of hydrogen-bond donors (Lipinski definition) is 11. The van der Waals surface area contributed by atoms with Gasteiger partial charge in [0.1, 0.15) is 41.3 Å². The molecule has 0 aromatic heterocycles. The average Bonchev–Trinajstić information content (AvgIpc) is 2.97. The zero-order valence-corrected chi connectivity index (χ0v) is 22.2. The van der Waals surface area contributed by atoms with Gasteiger partial charge in [-0.25, -0.2) is 4.79 Å². The van der Waals surface area contributed by atoms with Crippen molar-refractivity contribution in [3.05, 3.63) is 58.8 Å². The Hall–Kier alpha value is -5.29. The highest BCUT2D eigenvalue weighted by atomic mass is 16.7. The van der Waals surface area contributed by atoms with E-state index < -0.39 is 95.2 Å². The van der Waals surface area contributed by atoms with Gasteiger partial charge in [0.15, 0.2) is 46.7 Å². The van der Waals surface area contributed by atoms with Gasteiger partial charge < -0.3 is 75.1 Å². The molecular formula is C28H26O16. The van der Waals surface area contributed by atoms with Gasteiger partial charge in [-0.2, -0.15) is 0 Å². The van der Waals surface area contributed by atoms with Crippen LogP contribution in [0.25, 0.3) is 6.08 Å². The quantitative estimate of drug-likeness (QED) is 0.132. The van der Waals surface area contributed by atoms with Crippen molar-refractivity contribution in [3.63, 3.8) is 0 Å². The first-order valence-electron chi connectivity index (χ1n) is 12.7. The maximum Gasteiger partial charge on any atom is 0.339 e. The molecule has 44 heavy (non-hydrogen) atoms. The van der Waals surface area contributed by atoms with Crippen molar-refractivity contribution in [2.24, 2.45) is 0 Å². The normalized spacial score (nSPS) is 24.5. The standard InChI is InChI=1S/C28H26O16/c29-8-20-23(38)24(39)26(44-27(40)10-3-16(34)22(37)17(35)4-10)28(43-20)42-19-7-12-13(31)5-11(30)6-18(12)41-25(19)9-1-14(32)21(36)15(33)2-9/h1-7,20,23-26,28-39H,8H2. The molecule has 0 bridgehead atoms. The Bertz CT molecular complexity index is 1590. The number of hydrogen-bond acceptors (Lipinski definition) is 16. The van der Waals surface area contributed by atoms with Crippen LogP contribution < -0.4 is 4.74 Å². The maximum absolute atomic E-state index is 12.9. The largest absolute Gasteiger partial charge is 0.508 e. The van der Waals surface area contributed by atoms with E-state index in [4.69, 9.17) is 18.9 Å². The van der Waals surface area contributed by atoms with E-state index in [1.807, 2.05) is 0 Å². The third-order valence-electron chi connectivity index (χ3n) is 6.91. The molecule has 0 spiro atoms. The van der Waals surface area contributed by atoms with Gasteiger partial charge >= 0.3 is 5.97 Å². The fourth-order valence-corrected chi connectivity index (χ4v) is 4.67. The van der Waals surface area contributed by atoms with Crippen LogP contribution in [-0.4, -0.2) is 99.5 Å². The molecule has 16 nitrogen and oxygen atoms in total. The van der Waals surface area contributed by atoms with Crippen molar-refractivity contribution < 1.29 is 79.9 Å². The molecule has 234 valence electrons. The van der Waals surface area contributed by atoms with Crippen LogP contribution in [0.5, 0.6) is 51.7 Å². The predicted octanol–water partition coefficient (Wildman–Crippen LogP) is 0.487. The Balaban J connectivity index is 1.55. The highest BCUT2D eigenvalue weighted by Crippen LogP contribution is 2.47. The molecule has 6 atom stereocenters. The number of benzene rings is 3. The van der Waals surface area contributed by atoms with E-state index in [1.165, 1.54) is 6.08 Å². The van der Waals surface area contributed by atoms with Crippen LogP contribution in [0.3, 0.4) is 0 Å². The minimum atomic E-state index is -1.96. The Morgan fingerprint density at radius 3 is 1.95 bits per heavy atom. The summed E-state index contributed by atoms with van der Waals surface area (Å²) in [6.07, 6.45) is -9.20. The first-order valence-corrected chi connectivity index (χ1v) is 12.7. The van der Waals surface area contributed by atoms with Gasteiger partial charge in [-0.05, 0) is 30.3 Å². The zero-order chi connectivity index (χ0) is 32.0. The second-order valence-electron chi connectivity index (χ2n) is 9.89. The number of rotatable bonds is 6. The number of aromatic hydroxyl groups is 8. The van der Waals surface area contributed by atoms with E-state index >= 15 is 0 Å². The van der Waals surface area contributed by atoms with E-state index in [0.717, 1.165) is 36.4 Å². The maximum atomic E-state index is 12.9. The molecule has 3 aromatic rings. The van der Waals surface area contributed by atoms with Crippen molar-refractivity contribution in [1.82, 2.24) is 0 Å². The summed E-state index contributed by atoms with van der Waals surface area (Å²) in [6.45, 7) is -0.833. The van der Waals surface area contributed by atoms with Gasteiger partial charge in [0, 0.05) is 17.7 Å². The summed E-state index contributed by atoms with van der Waals surface area (Å²) in [7, 11) is 0. The van der Waals surface area contributed by atoms with Gasteiger partial charge in [0.05, 0.1) is 17.7 Å². The highest BCUT2D eigenvalue weighted by Gasteiger charge is 2.49. The molecule has 0 aliphatic carbocycles. The zero-order valence-electron chi connectivity index (χ0n) is 22.2. The highest BCUT2D eigenvalue weighted by molar-refractivity contribution is 5.91. The second-order valence-corrected chi connectivity index (χ2v) is 9.89. The number of phenols is 8. The van der Waals surface area contributed by atoms with Crippen molar-refractivity contribution in [2.45, 2.75) is 36.8 Å². The Labute approximate surface area is 246 Å². The van der Waals surface area contributed by atoms with Crippen LogP contribution >= 0.6 is 0 Å². The van der Waals surface area contributed by atoms with Gasteiger partial charge in [0.2, 0.25) is 6.29 Å². The lowest BCUT2D eigenvalue weighted by Gasteiger charge is -2.42. The molecule has 0 radical (unpaired) electrons. The third kappa shape index (κ3) is 5.45. The van der Waals surface area contributed by atoms with Crippen LogP contribution in [0.1, 0.15) is 27.6 Å². The number of esters is 1. The second kappa shape index (κ2) is 11.4. The monoisotopic (exact) mass is 618 g/mol. The number of aliphatic hydroxyl groups is 3. The summed E-state index contributed by atoms with van der Waals surface area (Å²) in [5.74, 6) is -7.53. The van der Waals surface area contributed by atoms with Crippen LogP contribution in [0.15, 0.2) is 42.2 Å². The lowest BCUT2D eigenvalue weighted by atomic mass is 9.98. The third-order valence-corrected chi connectivity index (χ3v) is 6.91. The predicted molar refractivity (Wildman–Crippen MR) is 142 cm³/mol. The Morgan fingerprint density at radius 2 is 1.36 bits per heavy atom. The molecule has 1 saturated heterocycles. The molecule has 6 unspecified atom stereocenters. The molecule has 16 heteroatoms. The van der Waals surface area contributed by atoms with E-state index in [0.29, 0.717) is 0 Å².